The number of hydrogen-bond donors (Lipinski definition) is 1. The van der Waals surface area contributed by atoms with Gasteiger partial charge in [0.2, 0.25) is 0 Å². The Hall–Kier alpha value is -0.750. The normalized spacial score (nSPS) is 17.9. The van der Waals surface area contributed by atoms with Crippen LogP contribution in [0.3, 0.4) is 0 Å². The summed E-state index contributed by atoms with van der Waals surface area (Å²) in [5, 5.41) is 13.8. The first-order valence-electron chi connectivity index (χ1n) is 5.81. The summed E-state index contributed by atoms with van der Waals surface area (Å²) >= 11 is 12.0. The van der Waals surface area contributed by atoms with Crippen molar-refractivity contribution in [2.75, 3.05) is 0 Å². The molecule has 1 N–H and O–H groups in total. The Bertz CT molecular complexity index is 434. The number of benzene rings is 1. The lowest BCUT2D eigenvalue weighted by atomic mass is 10.1. The van der Waals surface area contributed by atoms with Crippen LogP contribution in [0.1, 0.15) is 37.3 Å². The van der Waals surface area contributed by atoms with E-state index in [1.807, 2.05) is 0 Å². The maximum atomic E-state index is 9.24. The Morgan fingerprint density at radius 2 is 2.00 bits per heavy atom. The van der Waals surface area contributed by atoms with Gasteiger partial charge in [0.15, 0.2) is 0 Å². The van der Waals surface area contributed by atoms with Gasteiger partial charge >= 0.3 is 0 Å². The summed E-state index contributed by atoms with van der Waals surface area (Å²) in [6, 6.07) is 7.55. The summed E-state index contributed by atoms with van der Waals surface area (Å²) in [4.78, 5) is 0. The van der Waals surface area contributed by atoms with Crippen LogP contribution in [0.2, 0.25) is 10.0 Å². The van der Waals surface area contributed by atoms with Crippen LogP contribution >= 0.6 is 23.2 Å². The van der Waals surface area contributed by atoms with Crippen LogP contribution in [-0.2, 0) is 0 Å². The highest BCUT2D eigenvalue weighted by Crippen LogP contribution is 2.28. The number of nitrogens with one attached hydrogen (secondary N) is 1. The third-order valence-corrected chi connectivity index (χ3v) is 3.73. The third kappa shape index (κ3) is 3.13. The highest BCUT2D eigenvalue weighted by molar-refractivity contribution is 6.33. The van der Waals surface area contributed by atoms with Crippen molar-refractivity contribution >= 4 is 23.2 Å². The minimum absolute atomic E-state index is 0.371. The predicted molar refractivity (Wildman–Crippen MR) is 70.2 cm³/mol. The van der Waals surface area contributed by atoms with Gasteiger partial charge in [0, 0.05) is 21.7 Å². The summed E-state index contributed by atoms with van der Waals surface area (Å²) in [6.45, 7) is 0. The lowest BCUT2D eigenvalue weighted by Crippen LogP contribution is -2.30. The first-order chi connectivity index (χ1) is 8.20. The second-order valence-electron chi connectivity index (χ2n) is 4.38. The van der Waals surface area contributed by atoms with E-state index >= 15 is 0 Å². The van der Waals surface area contributed by atoms with Crippen LogP contribution in [0, 0.1) is 11.3 Å². The number of nitrogens with zero attached hydrogens (tertiary/aromatic N) is 1. The molecule has 2 nitrogen and oxygen atoms in total. The molecule has 17 heavy (non-hydrogen) atoms. The SMILES string of the molecule is N#CC(NC1CCCC1)c1cc(Cl)ccc1Cl. The molecule has 1 unspecified atom stereocenters. The first-order valence-corrected chi connectivity index (χ1v) is 6.57. The van der Waals surface area contributed by atoms with E-state index < -0.39 is 0 Å². The fourth-order valence-electron chi connectivity index (χ4n) is 2.26. The van der Waals surface area contributed by atoms with Gasteiger partial charge in [0.1, 0.15) is 6.04 Å². The van der Waals surface area contributed by atoms with E-state index in [2.05, 4.69) is 11.4 Å². The molecule has 1 atom stereocenters. The van der Waals surface area contributed by atoms with Crippen molar-refractivity contribution in [2.24, 2.45) is 0 Å². The summed E-state index contributed by atoms with van der Waals surface area (Å²) in [6.07, 6.45) is 4.74. The van der Waals surface area contributed by atoms with Crippen LogP contribution in [0.4, 0.5) is 0 Å². The zero-order valence-electron chi connectivity index (χ0n) is 9.42. The molecular formula is C13H14Cl2N2. The first kappa shape index (κ1) is 12.7. The number of rotatable bonds is 3. The van der Waals surface area contributed by atoms with Crippen LogP contribution in [0.25, 0.3) is 0 Å². The summed E-state index contributed by atoms with van der Waals surface area (Å²) < 4.78 is 0. The molecule has 0 aliphatic heterocycles. The molecule has 90 valence electrons. The molecule has 0 spiro atoms. The fourth-order valence-corrected chi connectivity index (χ4v) is 2.67. The largest absolute Gasteiger partial charge is 0.295 e. The van der Waals surface area contributed by atoms with Crippen molar-refractivity contribution in [3.05, 3.63) is 33.8 Å². The van der Waals surface area contributed by atoms with E-state index in [4.69, 9.17) is 23.2 Å². The maximum Gasteiger partial charge on any atom is 0.123 e. The van der Waals surface area contributed by atoms with Gasteiger partial charge in [0.05, 0.1) is 6.07 Å². The van der Waals surface area contributed by atoms with Crippen molar-refractivity contribution in [1.82, 2.24) is 5.32 Å². The molecule has 1 aliphatic carbocycles. The molecule has 1 aromatic rings. The van der Waals surface area contributed by atoms with E-state index in [-0.39, 0.29) is 6.04 Å². The monoisotopic (exact) mass is 268 g/mol. The third-order valence-electron chi connectivity index (χ3n) is 3.16. The van der Waals surface area contributed by atoms with Gasteiger partial charge in [-0.25, -0.2) is 0 Å². The van der Waals surface area contributed by atoms with Crippen LogP contribution < -0.4 is 5.32 Å². The van der Waals surface area contributed by atoms with Crippen molar-refractivity contribution in [3.8, 4) is 6.07 Å². The van der Waals surface area contributed by atoms with Gasteiger partial charge in [-0.05, 0) is 31.0 Å². The average Bonchev–Trinajstić information content (AvgIpc) is 2.82. The second-order valence-corrected chi connectivity index (χ2v) is 5.22. The zero-order chi connectivity index (χ0) is 12.3. The second kappa shape index (κ2) is 5.73. The lowest BCUT2D eigenvalue weighted by Gasteiger charge is -2.18. The van der Waals surface area contributed by atoms with Gasteiger partial charge < -0.3 is 0 Å². The Morgan fingerprint density at radius 3 is 2.65 bits per heavy atom. The van der Waals surface area contributed by atoms with E-state index in [0.29, 0.717) is 16.1 Å². The Balaban J connectivity index is 2.16. The summed E-state index contributed by atoms with van der Waals surface area (Å²) in [5.41, 5.74) is 0.772. The lowest BCUT2D eigenvalue weighted by molar-refractivity contribution is 0.492. The van der Waals surface area contributed by atoms with Crippen LogP contribution in [-0.4, -0.2) is 6.04 Å². The van der Waals surface area contributed by atoms with Crippen molar-refractivity contribution in [3.63, 3.8) is 0 Å². The molecule has 0 heterocycles. The van der Waals surface area contributed by atoms with E-state index in [0.717, 1.165) is 18.4 Å². The molecule has 2 rings (SSSR count). The molecule has 0 aromatic heterocycles. The van der Waals surface area contributed by atoms with E-state index in [1.165, 1.54) is 12.8 Å². The quantitative estimate of drug-likeness (QED) is 0.897. The van der Waals surface area contributed by atoms with Crippen LogP contribution in [0.15, 0.2) is 18.2 Å². The van der Waals surface area contributed by atoms with Crippen molar-refractivity contribution in [1.29, 1.82) is 5.26 Å². The molecule has 1 fully saturated rings. The van der Waals surface area contributed by atoms with Crippen molar-refractivity contribution < 1.29 is 0 Å². The van der Waals surface area contributed by atoms with Gasteiger partial charge in [-0.15, -0.1) is 0 Å². The summed E-state index contributed by atoms with van der Waals surface area (Å²) in [5.74, 6) is 0. The molecule has 1 aromatic carbocycles. The number of hydrogen-bond acceptors (Lipinski definition) is 2. The smallest absolute Gasteiger partial charge is 0.123 e. The molecule has 1 aliphatic rings. The van der Waals surface area contributed by atoms with E-state index in [9.17, 15) is 5.26 Å². The number of halogens is 2. The van der Waals surface area contributed by atoms with Crippen LogP contribution in [0.5, 0.6) is 0 Å². The van der Waals surface area contributed by atoms with Gasteiger partial charge in [0.25, 0.3) is 0 Å². The predicted octanol–water partition coefficient (Wildman–Crippen LogP) is 4.09. The molecule has 0 radical (unpaired) electrons. The standard InChI is InChI=1S/C13H14Cl2N2/c14-9-5-6-12(15)11(7-9)13(8-16)17-10-3-1-2-4-10/h5-7,10,13,17H,1-4H2. The topological polar surface area (TPSA) is 35.8 Å². The Kier molecular flexibility index (Phi) is 4.28. The molecule has 0 amide bonds. The molecule has 0 bridgehead atoms. The Morgan fingerprint density at radius 1 is 1.29 bits per heavy atom. The van der Waals surface area contributed by atoms with Gasteiger partial charge in [-0.2, -0.15) is 5.26 Å². The minimum atomic E-state index is -0.371. The van der Waals surface area contributed by atoms with Gasteiger partial charge in [-0.3, -0.25) is 5.32 Å². The summed E-state index contributed by atoms with van der Waals surface area (Å²) in [7, 11) is 0. The van der Waals surface area contributed by atoms with E-state index in [1.54, 1.807) is 18.2 Å². The van der Waals surface area contributed by atoms with Crippen molar-refractivity contribution in [2.45, 2.75) is 37.8 Å². The average molecular weight is 269 g/mol. The molecule has 1 saturated carbocycles. The maximum absolute atomic E-state index is 9.24. The Labute approximate surface area is 112 Å². The molecule has 0 saturated heterocycles. The fraction of sp³-hybridized carbons (Fsp3) is 0.462. The zero-order valence-corrected chi connectivity index (χ0v) is 10.9. The molecular weight excluding hydrogens is 255 g/mol. The highest BCUT2D eigenvalue weighted by atomic mass is 35.5. The highest BCUT2D eigenvalue weighted by Gasteiger charge is 2.21. The van der Waals surface area contributed by atoms with Gasteiger partial charge in [-0.1, -0.05) is 36.0 Å². The number of nitriles is 1. The minimum Gasteiger partial charge on any atom is -0.295 e. The molecule has 4 heteroatoms.